The molecule has 0 atom stereocenters. The molecule has 0 aliphatic carbocycles. The summed E-state index contributed by atoms with van der Waals surface area (Å²) in [6, 6.07) is 17.8. The Labute approximate surface area is 202 Å². The Morgan fingerprint density at radius 1 is 1.12 bits per heavy atom. The number of para-hydroxylation sites is 2. The highest BCUT2D eigenvalue weighted by Gasteiger charge is 2.35. The number of thioether (sulfide) groups is 1. The monoisotopic (exact) mass is 471 g/mol. The number of carbonyl (C=O) groups is 1. The predicted octanol–water partition coefficient (Wildman–Crippen LogP) is 5.53. The molecule has 2 aliphatic heterocycles. The van der Waals surface area contributed by atoms with Gasteiger partial charge in [0.05, 0.1) is 12.1 Å². The van der Waals surface area contributed by atoms with E-state index in [1.54, 1.807) is 6.08 Å². The van der Waals surface area contributed by atoms with Gasteiger partial charge in [-0.1, -0.05) is 49.7 Å². The summed E-state index contributed by atoms with van der Waals surface area (Å²) in [4.78, 5) is 17.0. The number of unbranched alkanes of at least 4 members (excludes halogenated alkanes) is 1. The zero-order chi connectivity index (χ0) is 23.5. The van der Waals surface area contributed by atoms with Gasteiger partial charge in [-0.05, 0) is 48.9 Å². The number of aromatic nitrogens is 1. The molecular weight excluding hydrogens is 446 g/mol. The zero-order valence-corrected chi connectivity index (χ0v) is 19.7. The smallest absolute Gasteiger partial charge is 0.283 e. The van der Waals surface area contributed by atoms with E-state index in [1.807, 2.05) is 60.8 Å². The maximum Gasteiger partial charge on any atom is 0.283 e. The third-order valence-electron chi connectivity index (χ3n) is 5.70. The molecule has 2 aliphatic rings. The number of amidine groups is 2. The van der Waals surface area contributed by atoms with Crippen LogP contribution >= 0.6 is 11.8 Å². The number of hydrazone groups is 1. The van der Waals surface area contributed by atoms with E-state index < -0.39 is 5.91 Å². The number of aliphatic imine (C=N–C) groups is 1. The van der Waals surface area contributed by atoms with Crippen LogP contribution in [0.3, 0.4) is 0 Å². The van der Waals surface area contributed by atoms with E-state index in [-0.39, 0.29) is 11.4 Å². The van der Waals surface area contributed by atoms with Gasteiger partial charge in [0, 0.05) is 22.7 Å². The average Bonchev–Trinajstić information content (AvgIpc) is 3.42. The molecule has 0 fully saturated rings. The number of fused-ring (bicyclic) bond motifs is 2. The maximum atomic E-state index is 12.8. The van der Waals surface area contributed by atoms with E-state index >= 15 is 0 Å². The first-order valence-corrected chi connectivity index (χ1v) is 12.2. The van der Waals surface area contributed by atoms with Crippen LogP contribution in [-0.4, -0.2) is 38.1 Å². The predicted molar refractivity (Wildman–Crippen MR) is 138 cm³/mol. The summed E-state index contributed by atoms with van der Waals surface area (Å²) >= 11 is 1.38. The van der Waals surface area contributed by atoms with Gasteiger partial charge in [0.1, 0.15) is 17.4 Å². The summed E-state index contributed by atoms with van der Waals surface area (Å²) in [6.45, 7) is 3.29. The SMILES string of the molecule is CCCCC1=NN2C(=N)C(=Cc3cn(CCOc4ccccc4)c4ccccc34)C(=O)N=C2S1. The number of benzene rings is 2. The molecule has 7 nitrogen and oxygen atoms in total. The minimum Gasteiger partial charge on any atom is -0.492 e. The Balaban J connectivity index is 1.41. The van der Waals surface area contributed by atoms with Crippen LogP contribution in [0.15, 0.2) is 76.5 Å². The number of carbonyl (C=O) groups excluding carboxylic acids is 1. The van der Waals surface area contributed by atoms with Crippen LogP contribution in [0.4, 0.5) is 0 Å². The Morgan fingerprint density at radius 2 is 1.91 bits per heavy atom. The molecule has 0 bridgehead atoms. The number of nitrogens with zero attached hydrogens (tertiary/aromatic N) is 4. The highest BCUT2D eigenvalue weighted by atomic mass is 32.2. The zero-order valence-electron chi connectivity index (χ0n) is 18.9. The summed E-state index contributed by atoms with van der Waals surface area (Å²) in [7, 11) is 0. The van der Waals surface area contributed by atoms with Gasteiger partial charge in [0.25, 0.3) is 5.91 Å². The summed E-state index contributed by atoms with van der Waals surface area (Å²) in [5.74, 6) is 0.497. The molecule has 34 heavy (non-hydrogen) atoms. The van der Waals surface area contributed by atoms with E-state index in [0.29, 0.717) is 18.3 Å². The molecule has 0 radical (unpaired) electrons. The van der Waals surface area contributed by atoms with Crippen molar-refractivity contribution in [2.45, 2.75) is 32.7 Å². The maximum absolute atomic E-state index is 12.8. The molecule has 5 rings (SSSR count). The summed E-state index contributed by atoms with van der Waals surface area (Å²) in [5.41, 5.74) is 2.15. The van der Waals surface area contributed by atoms with Crippen LogP contribution in [0.2, 0.25) is 0 Å². The number of nitrogens with one attached hydrogen (secondary N) is 1. The molecule has 8 heteroatoms. The highest BCUT2D eigenvalue weighted by Crippen LogP contribution is 2.31. The second-order valence-electron chi connectivity index (χ2n) is 8.07. The second kappa shape index (κ2) is 9.69. The first kappa shape index (κ1) is 22.2. The molecule has 1 aromatic heterocycles. The first-order valence-electron chi connectivity index (χ1n) is 11.4. The van der Waals surface area contributed by atoms with Crippen LogP contribution in [0, 0.1) is 5.41 Å². The number of amides is 1. The topological polar surface area (TPSA) is 83.0 Å². The molecule has 0 saturated heterocycles. The second-order valence-corrected chi connectivity index (χ2v) is 9.11. The Bertz CT molecular complexity index is 1340. The summed E-state index contributed by atoms with van der Waals surface area (Å²) in [5, 5.41) is 17.0. The first-order chi connectivity index (χ1) is 16.6. The molecule has 3 aromatic rings. The normalized spacial score (nSPS) is 16.7. The standard InChI is InChI=1S/C26H25N5O2S/c1-2-3-13-23-29-31-24(27)21(25(32)28-26(31)34-23)16-18-17-30(22-12-8-7-11-20(18)22)14-15-33-19-9-5-4-6-10-19/h4-12,16-17,27H,2-3,13-15H2,1H3. The lowest BCUT2D eigenvalue weighted by molar-refractivity contribution is -0.114. The van der Waals surface area contributed by atoms with Crippen LogP contribution < -0.4 is 4.74 Å². The van der Waals surface area contributed by atoms with Gasteiger partial charge in [0.15, 0.2) is 5.84 Å². The molecule has 1 amide bonds. The largest absolute Gasteiger partial charge is 0.492 e. The van der Waals surface area contributed by atoms with Gasteiger partial charge in [-0.15, -0.1) is 0 Å². The van der Waals surface area contributed by atoms with E-state index in [2.05, 4.69) is 21.6 Å². The van der Waals surface area contributed by atoms with Crippen LogP contribution in [-0.2, 0) is 11.3 Å². The van der Waals surface area contributed by atoms with E-state index in [1.165, 1.54) is 16.8 Å². The number of hydrogen-bond acceptors (Lipinski definition) is 5. The third kappa shape index (κ3) is 4.41. The van der Waals surface area contributed by atoms with Gasteiger partial charge in [-0.3, -0.25) is 10.2 Å². The molecule has 0 saturated carbocycles. The van der Waals surface area contributed by atoms with Crippen LogP contribution in [0.5, 0.6) is 5.75 Å². The third-order valence-corrected chi connectivity index (χ3v) is 6.67. The number of ether oxygens (including phenoxy) is 1. The molecule has 0 unspecified atom stereocenters. The van der Waals surface area contributed by atoms with Gasteiger partial charge < -0.3 is 9.30 Å². The lowest BCUT2D eigenvalue weighted by Crippen LogP contribution is -2.35. The number of hydrogen-bond donors (Lipinski definition) is 1. The fraction of sp³-hybridized carbons (Fsp3) is 0.231. The van der Waals surface area contributed by atoms with Crippen molar-refractivity contribution in [3.63, 3.8) is 0 Å². The van der Waals surface area contributed by atoms with Crippen molar-refractivity contribution in [1.82, 2.24) is 9.58 Å². The van der Waals surface area contributed by atoms with Crippen molar-refractivity contribution >= 4 is 50.7 Å². The number of rotatable bonds is 8. The molecule has 172 valence electrons. The van der Waals surface area contributed by atoms with Crippen LogP contribution in [0.1, 0.15) is 31.7 Å². The van der Waals surface area contributed by atoms with Crippen LogP contribution in [0.25, 0.3) is 17.0 Å². The van der Waals surface area contributed by atoms with Crippen molar-refractivity contribution in [3.05, 3.63) is 71.9 Å². The minimum atomic E-state index is -0.403. The molecule has 1 N–H and O–H groups in total. The Hall–Kier alpha value is -3.65. The lowest BCUT2D eigenvalue weighted by Gasteiger charge is -2.20. The van der Waals surface area contributed by atoms with Gasteiger partial charge >= 0.3 is 0 Å². The highest BCUT2D eigenvalue weighted by molar-refractivity contribution is 8.26. The van der Waals surface area contributed by atoms with Crippen molar-refractivity contribution in [1.29, 1.82) is 5.41 Å². The van der Waals surface area contributed by atoms with E-state index in [0.717, 1.165) is 46.5 Å². The fourth-order valence-electron chi connectivity index (χ4n) is 3.97. The van der Waals surface area contributed by atoms with Crippen molar-refractivity contribution < 1.29 is 9.53 Å². The van der Waals surface area contributed by atoms with Gasteiger partial charge in [-0.2, -0.15) is 15.1 Å². The lowest BCUT2D eigenvalue weighted by atomic mass is 10.1. The Kier molecular flexibility index (Phi) is 6.31. The Morgan fingerprint density at radius 3 is 2.74 bits per heavy atom. The minimum absolute atomic E-state index is 0.0678. The van der Waals surface area contributed by atoms with Gasteiger partial charge in [0.2, 0.25) is 5.17 Å². The molecule has 3 heterocycles. The van der Waals surface area contributed by atoms with Crippen molar-refractivity contribution in [3.8, 4) is 5.75 Å². The van der Waals surface area contributed by atoms with Crippen molar-refractivity contribution in [2.24, 2.45) is 10.1 Å². The van der Waals surface area contributed by atoms with Gasteiger partial charge in [-0.25, -0.2) is 0 Å². The summed E-state index contributed by atoms with van der Waals surface area (Å²) < 4.78 is 7.99. The van der Waals surface area contributed by atoms with E-state index in [9.17, 15) is 4.79 Å². The molecular formula is C26H25N5O2S. The van der Waals surface area contributed by atoms with Crippen molar-refractivity contribution in [2.75, 3.05) is 6.61 Å². The molecule has 2 aromatic carbocycles. The quantitative estimate of drug-likeness (QED) is 0.438. The summed E-state index contributed by atoms with van der Waals surface area (Å²) in [6.07, 6.45) is 6.67. The molecule has 0 spiro atoms. The fourth-order valence-corrected chi connectivity index (χ4v) is 4.90. The average molecular weight is 472 g/mol. The van der Waals surface area contributed by atoms with E-state index in [4.69, 9.17) is 10.1 Å².